The van der Waals surface area contributed by atoms with Gasteiger partial charge in [0.15, 0.2) is 0 Å². The lowest BCUT2D eigenvalue weighted by Crippen LogP contribution is -2.51. The first-order valence-corrected chi connectivity index (χ1v) is 17.3. The van der Waals surface area contributed by atoms with E-state index in [1.165, 1.54) is 0 Å². The van der Waals surface area contributed by atoms with E-state index in [0.717, 1.165) is 0 Å². The maximum atomic E-state index is 12.2. The number of nitrogens with zero attached hydrogens (tertiary/aromatic N) is 4. The summed E-state index contributed by atoms with van der Waals surface area (Å²) in [5.41, 5.74) is 22.3. The quantitative estimate of drug-likeness (QED) is 0.123. The molecule has 1 saturated heterocycles. The van der Waals surface area contributed by atoms with Gasteiger partial charge in [-0.15, -0.1) is 0 Å². The Hall–Kier alpha value is -2.18. The minimum Gasteiger partial charge on any atom is -0.374 e. The molecular weight excluding hydrogens is 576 g/mol. The Morgan fingerprint density at radius 3 is 1.49 bits per heavy atom. The Labute approximate surface area is 257 Å². The predicted molar refractivity (Wildman–Crippen MR) is 165 cm³/mol. The van der Waals surface area contributed by atoms with Crippen molar-refractivity contribution in [3.8, 4) is 0 Å². The van der Waals surface area contributed by atoms with E-state index in [1.807, 2.05) is 35.5 Å². The minimum atomic E-state index is -2.88. The monoisotopic (exact) mass is 632 g/mol. The summed E-state index contributed by atoms with van der Waals surface area (Å²) >= 11 is 0. The van der Waals surface area contributed by atoms with Crippen molar-refractivity contribution in [2.24, 2.45) is 22.9 Å². The van der Waals surface area contributed by atoms with E-state index in [1.54, 1.807) is 0 Å². The zero-order valence-corrected chi connectivity index (χ0v) is 27.5. The van der Waals surface area contributed by atoms with E-state index in [-0.39, 0.29) is 32.2 Å². The number of nitrogens with two attached hydrogens (primary N) is 4. The van der Waals surface area contributed by atoms with Gasteiger partial charge in [0, 0.05) is 58.1 Å². The molecule has 1 heterocycles. The molecule has 15 nitrogen and oxygen atoms in total. The molecule has 8 N–H and O–H groups in total. The van der Waals surface area contributed by atoms with Crippen LogP contribution in [0.25, 0.3) is 0 Å². The number of carbonyl (C=O) groups excluding carboxylic acids is 4. The molecule has 0 radical (unpaired) electrons. The van der Waals surface area contributed by atoms with Crippen LogP contribution in [0.5, 0.6) is 0 Å². The van der Waals surface area contributed by atoms with Crippen molar-refractivity contribution in [2.45, 2.75) is 58.5 Å². The van der Waals surface area contributed by atoms with Crippen LogP contribution in [0.4, 0.5) is 0 Å². The van der Waals surface area contributed by atoms with Crippen molar-refractivity contribution < 1.29 is 32.5 Å². The molecule has 1 unspecified atom stereocenters. The van der Waals surface area contributed by atoms with Crippen LogP contribution in [0.1, 0.15) is 46.5 Å². The van der Waals surface area contributed by atoms with E-state index in [0.29, 0.717) is 97.4 Å². The lowest BCUT2D eigenvalue weighted by atomic mass is 10.1. The highest BCUT2D eigenvalue weighted by Crippen LogP contribution is 2.22. The fourth-order valence-electron chi connectivity index (χ4n) is 5.57. The van der Waals surface area contributed by atoms with Crippen LogP contribution in [0, 0.1) is 0 Å². The molecular formula is C27H56N8O7Si. The third kappa shape index (κ3) is 17.0. The van der Waals surface area contributed by atoms with E-state index in [4.69, 9.17) is 36.2 Å². The molecule has 0 spiro atoms. The molecule has 1 rings (SSSR count). The summed E-state index contributed by atoms with van der Waals surface area (Å²) in [6, 6.07) is 0.464. The first-order chi connectivity index (χ1) is 20.4. The zero-order valence-electron chi connectivity index (χ0n) is 26.5. The summed E-state index contributed by atoms with van der Waals surface area (Å²) in [7, 11) is -2.88. The van der Waals surface area contributed by atoms with Crippen molar-refractivity contribution in [3.63, 3.8) is 0 Å². The Balaban J connectivity index is 3.29. The summed E-state index contributed by atoms with van der Waals surface area (Å²) < 4.78 is 18.1. The maximum Gasteiger partial charge on any atom is 0.500 e. The largest absolute Gasteiger partial charge is 0.500 e. The second-order valence-corrected chi connectivity index (χ2v) is 13.6. The van der Waals surface area contributed by atoms with Gasteiger partial charge >= 0.3 is 8.80 Å². The topological polar surface area (TPSA) is 213 Å². The fourth-order valence-corrected chi connectivity index (χ4v) is 8.21. The van der Waals surface area contributed by atoms with Gasteiger partial charge in [0.25, 0.3) is 0 Å². The standard InChI is InChI=1S/C27H56N8O7Si/c1-4-40-43(41-5-2,42-6-3)17-7-10-23-18-34(21-26(30)38)13-8-11-32(19-24(28)36)15-16-33(20-25(29)37)12-9-14-35(23)22-27(31)39/h23H,4-22H2,1-3H3,(H2,28,36)(H2,29,37)(H2,30,38)(H2,31,39). The fraction of sp³-hybridized carbons (Fsp3) is 0.852. The van der Waals surface area contributed by atoms with Crippen LogP contribution in [0.3, 0.4) is 0 Å². The second-order valence-electron chi connectivity index (χ2n) is 10.9. The van der Waals surface area contributed by atoms with Gasteiger partial charge in [0.1, 0.15) is 0 Å². The highest BCUT2D eigenvalue weighted by atomic mass is 28.4. The van der Waals surface area contributed by atoms with E-state index in [9.17, 15) is 19.2 Å². The van der Waals surface area contributed by atoms with E-state index in [2.05, 4.69) is 4.90 Å². The summed E-state index contributed by atoms with van der Waals surface area (Å²) in [4.78, 5) is 55.7. The van der Waals surface area contributed by atoms with Crippen LogP contribution in [-0.4, -0.2) is 150 Å². The Morgan fingerprint density at radius 2 is 1.05 bits per heavy atom. The summed E-state index contributed by atoms with van der Waals surface area (Å²) in [5, 5.41) is 0. The summed E-state index contributed by atoms with van der Waals surface area (Å²) in [5.74, 6) is -1.79. The van der Waals surface area contributed by atoms with E-state index >= 15 is 0 Å². The predicted octanol–water partition coefficient (Wildman–Crippen LogP) is -1.87. The first kappa shape index (κ1) is 38.8. The third-order valence-corrected chi connectivity index (χ3v) is 10.3. The molecule has 0 bridgehead atoms. The van der Waals surface area contributed by atoms with Gasteiger partial charge < -0.3 is 36.2 Å². The maximum absolute atomic E-state index is 12.2. The van der Waals surface area contributed by atoms with Gasteiger partial charge in [-0.05, 0) is 66.1 Å². The SMILES string of the molecule is CCO[Si](CCCC1CN(CC(N)=O)CCCN(CC(N)=O)CCN(CC(N)=O)CCCN1CC(N)=O)(OCC)OCC. The molecule has 0 saturated carbocycles. The molecule has 0 aliphatic carbocycles. The molecule has 1 aliphatic heterocycles. The number of primary amides is 4. The van der Waals surface area contributed by atoms with Crippen LogP contribution in [0.2, 0.25) is 6.04 Å². The van der Waals surface area contributed by atoms with Crippen molar-refractivity contribution in [2.75, 3.05) is 91.8 Å². The lowest BCUT2D eigenvalue weighted by molar-refractivity contribution is -0.121. The molecule has 0 aromatic heterocycles. The molecule has 1 atom stereocenters. The molecule has 16 heteroatoms. The smallest absolute Gasteiger partial charge is 0.374 e. The number of rotatable bonds is 18. The normalized spacial score (nSPS) is 19.6. The molecule has 43 heavy (non-hydrogen) atoms. The lowest BCUT2D eigenvalue weighted by Gasteiger charge is -2.37. The highest BCUT2D eigenvalue weighted by molar-refractivity contribution is 6.60. The number of amides is 4. The molecule has 1 aliphatic rings. The van der Waals surface area contributed by atoms with E-state index < -0.39 is 32.4 Å². The minimum absolute atomic E-state index is 0.0439. The van der Waals surface area contributed by atoms with Crippen molar-refractivity contribution in [3.05, 3.63) is 0 Å². The Kier molecular flexibility index (Phi) is 19.4. The average Bonchev–Trinajstić information content (AvgIpc) is 2.89. The molecule has 1 fully saturated rings. The number of carbonyl (C=O) groups is 4. The molecule has 250 valence electrons. The number of hydrogen-bond acceptors (Lipinski definition) is 11. The Bertz CT molecular complexity index is 839. The van der Waals surface area contributed by atoms with Crippen LogP contribution < -0.4 is 22.9 Å². The van der Waals surface area contributed by atoms with Crippen LogP contribution in [0.15, 0.2) is 0 Å². The van der Waals surface area contributed by atoms with Gasteiger partial charge in [-0.25, -0.2) is 0 Å². The van der Waals surface area contributed by atoms with Crippen LogP contribution >= 0.6 is 0 Å². The van der Waals surface area contributed by atoms with Crippen LogP contribution in [-0.2, 0) is 32.5 Å². The van der Waals surface area contributed by atoms with Crippen molar-refractivity contribution in [1.29, 1.82) is 0 Å². The zero-order chi connectivity index (χ0) is 32.3. The summed E-state index contributed by atoms with van der Waals surface area (Å²) in [6.45, 7) is 11.1. The second kappa shape index (κ2) is 21.5. The van der Waals surface area contributed by atoms with Gasteiger partial charge in [0.2, 0.25) is 23.6 Å². The first-order valence-electron chi connectivity index (χ1n) is 15.4. The molecule has 0 aromatic carbocycles. The third-order valence-electron chi connectivity index (χ3n) is 7.20. The van der Waals surface area contributed by atoms with Gasteiger partial charge in [-0.1, -0.05) is 0 Å². The van der Waals surface area contributed by atoms with Gasteiger partial charge in [-0.3, -0.25) is 38.8 Å². The molecule has 4 amide bonds. The average molecular weight is 633 g/mol. The van der Waals surface area contributed by atoms with Gasteiger partial charge in [-0.2, -0.15) is 0 Å². The molecule has 0 aromatic rings. The van der Waals surface area contributed by atoms with Gasteiger partial charge in [0.05, 0.1) is 26.2 Å². The number of hydrogen-bond donors (Lipinski definition) is 4. The summed E-state index contributed by atoms with van der Waals surface area (Å²) in [6.07, 6.45) is 2.66. The van der Waals surface area contributed by atoms with Crippen molar-refractivity contribution in [1.82, 2.24) is 19.6 Å². The highest BCUT2D eigenvalue weighted by Gasteiger charge is 2.40. The Morgan fingerprint density at radius 1 is 0.628 bits per heavy atom. The van der Waals surface area contributed by atoms with Crippen molar-refractivity contribution >= 4 is 32.4 Å².